The third-order valence-corrected chi connectivity index (χ3v) is 5.54. The molecule has 0 aromatic heterocycles. The van der Waals surface area contributed by atoms with Crippen LogP contribution in [0, 0.1) is 5.92 Å². The third kappa shape index (κ3) is 5.15. The van der Waals surface area contributed by atoms with Crippen molar-refractivity contribution < 1.29 is 23.7 Å². The maximum absolute atomic E-state index is 11.9. The molecule has 1 aliphatic carbocycles. The Hall–Kier alpha value is -2.68. The molecule has 7 atom stereocenters. The van der Waals surface area contributed by atoms with E-state index >= 15 is 0 Å². The number of benzene rings is 1. The van der Waals surface area contributed by atoms with E-state index in [0.717, 1.165) is 12.0 Å². The third-order valence-electron chi connectivity index (χ3n) is 5.54. The number of nitrogens with one attached hydrogen (secondary N) is 1. The summed E-state index contributed by atoms with van der Waals surface area (Å²) < 4.78 is 24.4. The van der Waals surface area contributed by atoms with Crippen molar-refractivity contribution in [2.24, 2.45) is 11.0 Å². The van der Waals surface area contributed by atoms with Crippen LogP contribution >= 0.6 is 0 Å². The normalized spacial score (nSPS) is 34.4. The van der Waals surface area contributed by atoms with Crippen molar-refractivity contribution in [2.45, 2.75) is 50.2 Å². The minimum atomic E-state index is -0.928. The summed E-state index contributed by atoms with van der Waals surface area (Å²) >= 11 is 0. The van der Waals surface area contributed by atoms with Crippen molar-refractivity contribution in [3.05, 3.63) is 70.6 Å². The largest absolute Gasteiger partial charge is 0.373 e. The number of carbonyl (C=O) groups is 1. The van der Waals surface area contributed by atoms with Crippen LogP contribution in [0.1, 0.15) is 25.2 Å². The van der Waals surface area contributed by atoms with Gasteiger partial charge in [0.2, 0.25) is 5.91 Å². The molecule has 1 amide bonds. The monoisotopic (exact) mass is 426 g/mol. The van der Waals surface area contributed by atoms with Gasteiger partial charge in [-0.05, 0) is 12.0 Å². The van der Waals surface area contributed by atoms with Crippen LogP contribution in [0.15, 0.2) is 59.8 Å². The number of rotatable bonds is 6. The second-order valence-corrected chi connectivity index (χ2v) is 7.78. The van der Waals surface area contributed by atoms with Crippen molar-refractivity contribution in [2.75, 3.05) is 13.2 Å². The lowest BCUT2D eigenvalue weighted by Crippen LogP contribution is -2.66. The molecule has 2 saturated heterocycles. The topological polar surface area (TPSA) is 115 Å². The Bertz CT molecular complexity index is 870. The first kappa shape index (κ1) is 21.5. The molecule has 9 nitrogen and oxygen atoms in total. The quantitative estimate of drug-likeness (QED) is 0.426. The van der Waals surface area contributed by atoms with Gasteiger partial charge in [0.25, 0.3) is 0 Å². The van der Waals surface area contributed by atoms with E-state index in [1.807, 2.05) is 42.5 Å². The Balaban J connectivity index is 1.58. The van der Waals surface area contributed by atoms with Crippen molar-refractivity contribution in [3.8, 4) is 0 Å². The van der Waals surface area contributed by atoms with Gasteiger partial charge in [-0.2, -0.15) is 0 Å². The number of fused-ring (bicyclic) bond motifs is 1. The lowest BCUT2D eigenvalue weighted by molar-refractivity contribution is -0.319. The zero-order valence-corrected chi connectivity index (χ0v) is 17.2. The van der Waals surface area contributed by atoms with Gasteiger partial charge in [0.1, 0.15) is 18.3 Å². The molecule has 1 aromatic rings. The van der Waals surface area contributed by atoms with Crippen LogP contribution < -0.4 is 5.32 Å². The summed E-state index contributed by atoms with van der Waals surface area (Å²) in [6.07, 6.45) is 5.96. The van der Waals surface area contributed by atoms with Crippen LogP contribution in [0.4, 0.5) is 0 Å². The lowest BCUT2D eigenvalue weighted by atomic mass is 9.94. The van der Waals surface area contributed by atoms with E-state index in [1.165, 1.54) is 6.92 Å². The van der Waals surface area contributed by atoms with Crippen LogP contribution in [-0.4, -0.2) is 49.7 Å². The molecule has 3 aliphatic rings. The van der Waals surface area contributed by atoms with Gasteiger partial charge in [-0.1, -0.05) is 59.8 Å². The number of azide groups is 1. The average molecular weight is 426 g/mol. The van der Waals surface area contributed by atoms with E-state index in [0.29, 0.717) is 6.61 Å². The molecule has 1 N–H and O–H groups in total. The number of nitrogens with zero attached hydrogens (tertiary/aromatic N) is 3. The summed E-state index contributed by atoms with van der Waals surface area (Å²) in [5, 5.41) is 6.59. The van der Waals surface area contributed by atoms with Gasteiger partial charge in [0.05, 0.1) is 19.3 Å². The van der Waals surface area contributed by atoms with Crippen molar-refractivity contribution in [1.82, 2.24) is 5.32 Å². The fourth-order valence-corrected chi connectivity index (χ4v) is 4.09. The molecule has 0 bridgehead atoms. The van der Waals surface area contributed by atoms with Gasteiger partial charge >= 0.3 is 0 Å². The summed E-state index contributed by atoms with van der Waals surface area (Å²) in [6.45, 7) is 2.09. The highest BCUT2D eigenvalue weighted by Gasteiger charge is 2.50. The van der Waals surface area contributed by atoms with E-state index in [2.05, 4.69) is 27.5 Å². The maximum atomic E-state index is 11.9. The Morgan fingerprint density at radius 3 is 2.84 bits per heavy atom. The molecular formula is C22H26N4O5. The Morgan fingerprint density at radius 1 is 1.29 bits per heavy atom. The number of hydrogen-bond donors (Lipinski definition) is 1. The van der Waals surface area contributed by atoms with E-state index in [4.69, 9.17) is 24.5 Å². The first-order chi connectivity index (χ1) is 15.2. The van der Waals surface area contributed by atoms with Gasteiger partial charge in [-0.3, -0.25) is 4.79 Å². The predicted molar refractivity (Wildman–Crippen MR) is 112 cm³/mol. The summed E-state index contributed by atoms with van der Waals surface area (Å²) in [7, 11) is 0. The number of ether oxygens (including phenoxy) is 4. The van der Waals surface area contributed by atoms with Crippen LogP contribution in [0.3, 0.4) is 0 Å². The highest BCUT2D eigenvalue weighted by Crippen LogP contribution is 2.36. The number of hydrogen-bond acceptors (Lipinski definition) is 6. The number of carbonyl (C=O) groups excluding carboxylic acids is 1. The summed E-state index contributed by atoms with van der Waals surface area (Å²) in [4.78, 5) is 14.8. The SMILES string of the molecule is CC(=O)N[C@@H]1[C@@H](OC[C@@H]2C=CC=CC2)[C@@H]2O[C@@H](c3ccccc3)OC[C@H]2O[C@H]1N=[N+]=[N-]. The van der Waals surface area contributed by atoms with Crippen molar-refractivity contribution in [1.29, 1.82) is 0 Å². The molecule has 0 saturated carbocycles. The summed E-state index contributed by atoms with van der Waals surface area (Å²) in [6, 6.07) is 8.93. The second-order valence-electron chi connectivity index (χ2n) is 7.78. The average Bonchev–Trinajstić information content (AvgIpc) is 2.79. The van der Waals surface area contributed by atoms with Crippen LogP contribution in [0.5, 0.6) is 0 Å². The van der Waals surface area contributed by atoms with E-state index in [-0.39, 0.29) is 18.4 Å². The highest BCUT2D eigenvalue weighted by molar-refractivity contribution is 5.73. The number of allylic oxidation sites excluding steroid dienone is 3. The molecule has 164 valence electrons. The molecule has 0 spiro atoms. The molecule has 9 heteroatoms. The van der Waals surface area contributed by atoms with Crippen LogP contribution in [-0.2, 0) is 23.7 Å². The maximum Gasteiger partial charge on any atom is 0.217 e. The molecule has 1 aromatic carbocycles. The summed E-state index contributed by atoms with van der Waals surface area (Å²) in [5.74, 6) is -0.0575. The van der Waals surface area contributed by atoms with Crippen molar-refractivity contribution >= 4 is 5.91 Å². The molecule has 31 heavy (non-hydrogen) atoms. The fourth-order valence-electron chi connectivity index (χ4n) is 4.09. The Morgan fingerprint density at radius 2 is 2.13 bits per heavy atom. The van der Waals surface area contributed by atoms with E-state index in [1.54, 1.807) is 0 Å². The predicted octanol–water partition coefficient (Wildman–Crippen LogP) is 3.16. The Labute approximate surface area is 180 Å². The highest BCUT2D eigenvalue weighted by atomic mass is 16.7. The molecule has 2 heterocycles. The smallest absolute Gasteiger partial charge is 0.217 e. The molecule has 0 radical (unpaired) electrons. The zero-order chi connectivity index (χ0) is 21.6. The van der Waals surface area contributed by atoms with Crippen LogP contribution in [0.2, 0.25) is 0 Å². The van der Waals surface area contributed by atoms with E-state index < -0.39 is 36.9 Å². The Kier molecular flexibility index (Phi) is 7.01. The van der Waals surface area contributed by atoms with Crippen molar-refractivity contribution in [3.63, 3.8) is 0 Å². The first-order valence-electron chi connectivity index (χ1n) is 10.4. The second kappa shape index (κ2) is 10.1. The van der Waals surface area contributed by atoms with Gasteiger partial charge in [-0.15, -0.1) is 0 Å². The van der Waals surface area contributed by atoms with Gasteiger partial charge in [-0.25, -0.2) is 0 Å². The molecule has 2 aliphatic heterocycles. The first-order valence-corrected chi connectivity index (χ1v) is 10.4. The van der Waals surface area contributed by atoms with Crippen LogP contribution in [0.25, 0.3) is 10.4 Å². The van der Waals surface area contributed by atoms with E-state index in [9.17, 15) is 4.79 Å². The van der Waals surface area contributed by atoms with Gasteiger partial charge < -0.3 is 24.3 Å². The standard InChI is InChI=1S/C22H26N4O5/c1-14(27)24-18-20(28-12-15-8-4-2-5-9-15)19-17(30-21(18)25-26-23)13-29-22(31-19)16-10-6-3-7-11-16/h2-8,10-11,15,17-22H,9,12-13H2,1H3,(H,24,27)/t15-,17-,18-,19-,20-,21-,22+/m1/s1. The molecule has 0 unspecified atom stereocenters. The molecular weight excluding hydrogens is 400 g/mol. The molecule has 4 rings (SSSR count). The van der Waals surface area contributed by atoms with Gasteiger partial charge in [0.15, 0.2) is 12.5 Å². The fraction of sp³-hybridized carbons (Fsp3) is 0.500. The molecule has 2 fully saturated rings. The summed E-state index contributed by atoms with van der Waals surface area (Å²) in [5.41, 5.74) is 9.91. The number of amides is 1. The van der Waals surface area contributed by atoms with Gasteiger partial charge in [0, 0.05) is 23.3 Å². The lowest BCUT2D eigenvalue weighted by Gasteiger charge is -2.48. The minimum Gasteiger partial charge on any atom is -0.373 e. The minimum absolute atomic E-state index is 0.215. The zero-order valence-electron chi connectivity index (χ0n) is 17.2.